The Morgan fingerprint density at radius 2 is 1.92 bits per heavy atom. The molecule has 1 aromatic heterocycles. The summed E-state index contributed by atoms with van der Waals surface area (Å²) in [4.78, 5) is 19.5. The quantitative estimate of drug-likeness (QED) is 0.503. The second-order valence-electron chi connectivity index (χ2n) is 9.03. The molecule has 2 atom stereocenters. The number of benzene rings is 2. The van der Waals surface area contributed by atoms with Crippen LogP contribution in [0.2, 0.25) is 0 Å². The van der Waals surface area contributed by atoms with Gasteiger partial charge in [-0.25, -0.2) is 9.37 Å². The standard InChI is InChI=1S/C28H29FN4O3/c1-18(2)36-26-11-7-21(16-31-26)27(20-5-8-23(35-3)9-6-20)33-13-12-22(17-33)32-28(34)24-10-4-19(15-30)14-25(24)29/h4-11,14,16,18,22,27H,12-13,17H2,1-3H3,(H,32,34)/t22-,27?/m1/s1. The predicted molar refractivity (Wildman–Crippen MR) is 133 cm³/mol. The van der Waals surface area contributed by atoms with Crippen molar-refractivity contribution in [1.82, 2.24) is 15.2 Å². The molecule has 0 saturated carbocycles. The highest BCUT2D eigenvalue weighted by molar-refractivity contribution is 5.94. The van der Waals surface area contributed by atoms with Crippen LogP contribution in [0.1, 0.15) is 53.4 Å². The molecule has 2 aromatic carbocycles. The van der Waals surface area contributed by atoms with E-state index in [1.54, 1.807) is 7.11 Å². The number of nitriles is 1. The molecule has 2 heterocycles. The van der Waals surface area contributed by atoms with E-state index in [0.717, 1.165) is 35.9 Å². The number of hydrogen-bond acceptors (Lipinski definition) is 6. The number of nitrogens with zero attached hydrogens (tertiary/aromatic N) is 3. The van der Waals surface area contributed by atoms with Gasteiger partial charge in [-0.15, -0.1) is 0 Å². The van der Waals surface area contributed by atoms with Gasteiger partial charge in [-0.1, -0.05) is 18.2 Å². The van der Waals surface area contributed by atoms with Crippen LogP contribution in [-0.2, 0) is 0 Å². The molecule has 186 valence electrons. The molecular weight excluding hydrogens is 459 g/mol. The molecule has 1 aliphatic rings. The molecule has 1 N–H and O–H groups in total. The van der Waals surface area contributed by atoms with E-state index in [4.69, 9.17) is 14.7 Å². The summed E-state index contributed by atoms with van der Waals surface area (Å²) in [6.07, 6.45) is 2.58. The first-order valence-corrected chi connectivity index (χ1v) is 11.9. The van der Waals surface area contributed by atoms with Crippen LogP contribution in [0.15, 0.2) is 60.8 Å². The van der Waals surface area contributed by atoms with Crippen molar-refractivity contribution in [3.8, 4) is 17.7 Å². The van der Waals surface area contributed by atoms with E-state index >= 15 is 0 Å². The molecule has 7 nitrogen and oxygen atoms in total. The molecule has 1 amide bonds. The Bertz CT molecular complexity index is 1240. The fourth-order valence-corrected chi connectivity index (χ4v) is 4.44. The highest BCUT2D eigenvalue weighted by Crippen LogP contribution is 2.33. The lowest BCUT2D eigenvalue weighted by Crippen LogP contribution is -2.38. The van der Waals surface area contributed by atoms with E-state index in [2.05, 4.69) is 15.2 Å². The topological polar surface area (TPSA) is 87.5 Å². The minimum Gasteiger partial charge on any atom is -0.497 e. The minimum atomic E-state index is -0.702. The summed E-state index contributed by atoms with van der Waals surface area (Å²) in [7, 11) is 1.63. The van der Waals surface area contributed by atoms with Crippen LogP contribution in [0.25, 0.3) is 0 Å². The molecule has 0 aliphatic carbocycles. The molecule has 1 saturated heterocycles. The van der Waals surface area contributed by atoms with E-state index < -0.39 is 11.7 Å². The number of hydrogen-bond donors (Lipinski definition) is 1. The van der Waals surface area contributed by atoms with E-state index in [0.29, 0.717) is 12.4 Å². The molecule has 3 aromatic rings. The van der Waals surface area contributed by atoms with Gasteiger partial charge in [0.2, 0.25) is 5.88 Å². The van der Waals surface area contributed by atoms with Gasteiger partial charge in [0.25, 0.3) is 5.91 Å². The lowest BCUT2D eigenvalue weighted by atomic mass is 9.98. The number of likely N-dealkylation sites (tertiary alicyclic amines) is 1. The van der Waals surface area contributed by atoms with Crippen molar-refractivity contribution < 1.29 is 18.7 Å². The molecule has 1 aliphatic heterocycles. The summed E-state index contributed by atoms with van der Waals surface area (Å²) in [6, 6.07) is 17.3. The fraction of sp³-hybridized carbons (Fsp3) is 0.321. The number of carbonyl (C=O) groups excluding carboxylic acids is 1. The first-order chi connectivity index (χ1) is 17.4. The number of halogens is 1. The van der Waals surface area contributed by atoms with Gasteiger partial charge in [0, 0.05) is 31.4 Å². The van der Waals surface area contributed by atoms with Gasteiger partial charge in [-0.05, 0) is 61.7 Å². The molecular formula is C28H29FN4O3. The first kappa shape index (κ1) is 25.1. The van der Waals surface area contributed by atoms with Gasteiger partial charge in [-0.2, -0.15) is 5.26 Å². The summed E-state index contributed by atoms with van der Waals surface area (Å²) in [5.74, 6) is 0.152. The van der Waals surface area contributed by atoms with Crippen molar-refractivity contribution in [3.05, 3.63) is 88.9 Å². The van der Waals surface area contributed by atoms with Crippen LogP contribution in [0.3, 0.4) is 0 Å². The smallest absolute Gasteiger partial charge is 0.254 e. The van der Waals surface area contributed by atoms with Gasteiger partial charge in [0.15, 0.2) is 0 Å². The van der Waals surface area contributed by atoms with Crippen molar-refractivity contribution in [2.75, 3.05) is 20.2 Å². The second-order valence-corrected chi connectivity index (χ2v) is 9.03. The summed E-state index contributed by atoms with van der Waals surface area (Å²) < 4.78 is 25.4. The third-order valence-corrected chi connectivity index (χ3v) is 6.13. The Kier molecular flexibility index (Phi) is 7.81. The van der Waals surface area contributed by atoms with Crippen LogP contribution in [-0.4, -0.2) is 48.1 Å². The summed E-state index contributed by atoms with van der Waals surface area (Å²) in [6.45, 7) is 5.24. The zero-order valence-corrected chi connectivity index (χ0v) is 20.6. The zero-order chi connectivity index (χ0) is 25.7. The van der Waals surface area contributed by atoms with E-state index in [1.807, 2.05) is 62.5 Å². The summed E-state index contributed by atoms with van der Waals surface area (Å²) >= 11 is 0. The van der Waals surface area contributed by atoms with E-state index in [1.165, 1.54) is 12.1 Å². The third-order valence-electron chi connectivity index (χ3n) is 6.13. The lowest BCUT2D eigenvalue weighted by Gasteiger charge is -2.29. The SMILES string of the molecule is COc1ccc(C(c2ccc(OC(C)C)nc2)N2CC[C@@H](NC(=O)c3ccc(C#N)cc3F)C2)cc1. The van der Waals surface area contributed by atoms with Crippen molar-refractivity contribution in [1.29, 1.82) is 5.26 Å². The Balaban J connectivity index is 1.53. The second kappa shape index (κ2) is 11.2. The average Bonchev–Trinajstić information content (AvgIpc) is 3.32. The van der Waals surface area contributed by atoms with Crippen molar-refractivity contribution in [3.63, 3.8) is 0 Å². The van der Waals surface area contributed by atoms with Crippen LogP contribution in [0.4, 0.5) is 4.39 Å². The molecule has 4 rings (SSSR count). The summed E-state index contributed by atoms with van der Waals surface area (Å²) in [5.41, 5.74) is 2.18. The molecule has 0 bridgehead atoms. The highest BCUT2D eigenvalue weighted by atomic mass is 19.1. The number of carbonyl (C=O) groups is 1. The maximum atomic E-state index is 14.3. The number of pyridine rings is 1. The first-order valence-electron chi connectivity index (χ1n) is 11.9. The van der Waals surface area contributed by atoms with Gasteiger partial charge in [0.05, 0.1) is 36.5 Å². The summed E-state index contributed by atoms with van der Waals surface area (Å²) in [5, 5.41) is 11.9. The average molecular weight is 489 g/mol. The number of rotatable bonds is 8. The molecule has 8 heteroatoms. The predicted octanol–water partition coefficient (Wildman–Crippen LogP) is 4.48. The molecule has 0 radical (unpaired) electrons. The maximum absolute atomic E-state index is 14.3. The van der Waals surface area contributed by atoms with Crippen LogP contribution >= 0.6 is 0 Å². The zero-order valence-electron chi connectivity index (χ0n) is 20.6. The Hall–Kier alpha value is -3.96. The van der Waals surface area contributed by atoms with Gasteiger partial charge in [0.1, 0.15) is 11.6 Å². The third kappa shape index (κ3) is 5.81. The Morgan fingerprint density at radius 3 is 2.53 bits per heavy atom. The van der Waals surface area contributed by atoms with E-state index in [9.17, 15) is 9.18 Å². The maximum Gasteiger partial charge on any atom is 0.254 e. The Morgan fingerprint density at radius 1 is 1.17 bits per heavy atom. The van der Waals surface area contributed by atoms with E-state index in [-0.39, 0.29) is 29.3 Å². The van der Waals surface area contributed by atoms with Crippen LogP contribution in [0.5, 0.6) is 11.6 Å². The largest absolute Gasteiger partial charge is 0.497 e. The van der Waals surface area contributed by atoms with Crippen molar-refractivity contribution in [2.45, 2.75) is 38.5 Å². The molecule has 36 heavy (non-hydrogen) atoms. The Labute approximate surface area is 210 Å². The fourth-order valence-electron chi connectivity index (χ4n) is 4.44. The van der Waals surface area contributed by atoms with Crippen molar-refractivity contribution >= 4 is 5.91 Å². The van der Waals surface area contributed by atoms with Gasteiger partial charge < -0.3 is 14.8 Å². The van der Waals surface area contributed by atoms with Crippen LogP contribution < -0.4 is 14.8 Å². The van der Waals surface area contributed by atoms with Gasteiger partial charge >= 0.3 is 0 Å². The molecule has 1 unspecified atom stereocenters. The number of amides is 1. The van der Waals surface area contributed by atoms with Crippen LogP contribution in [0, 0.1) is 17.1 Å². The number of nitrogens with one attached hydrogen (secondary N) is 1. The highest BCUT2D eigenvalue weighted by Gasteiger charge is 2.32. The normalized spacial score (nSPS) is 16.4. The number of aromatic nitrogens is 1. The molecule has 1 fully saturated rings. The van der Waals surface area contributed by atoms with Gasteiger partial charge in [-0.3, -0.25) is 9.69 Å². The van der Waals surface area contributed by atoms with Crippen molar-refractivity contribution in [2.24, 2.45) is 0 Å². The number of methoxy groups -OCH3 is 1. The molecule has 0 spiro atoms. The minimum absolute atomic E-state index is 0.0321. The number of ether oxygens (including phenoxy) is 2. The monoisotopic (exact) mass is 488 g/mol. The lowest BCUT2D eigenvalue weighted by molar-refractivity contribution is 0.0932.